The molecule has 5 nitrogen and oxygen atoms in total. The number of ether oxygens (including phenoxy) is 1. The summed E-state index contributed by atoms with van der Waals surface area (Å²) in [6.45, 7) is 5.04. The number of rotatable bonds is 7. The molecule has 0 saturated heterocycles. The van der Waals surface area contributed by atoms with Crippen LogP contribution in [0.1, 0.15) is 31.7 Å². The van der Waals surface area contributed by atoms with Gasteiger partial charge in [-0.15, -0.1) is 11.3 Å². The zero-order valence-electron chi connectivity index (χ0n) is 14.7. The lowest BCUT2D eigenvalue weighted by atomic mass is 10.1. The lowest BCUT2D eigenvalue weighted by Crippen LogP contribution is -2.01. The van der Waals surface area contributed by atoms with Crippen LogP contribution in [-0.4, -0.2) is 16.7 Å². The minimum Gasteiger partial charge on any atom is -0.494 e. The SMILES string of the molecule is CC(C)CCOc1ccc(/C=C(\C#N)c2nc(-c3cccs3)no2)cc1. The lowest BCUT2D eigenvalue weighted by molar-refractivity contribution is 0.289. The summed E-state index contributed by atoms with van der Waals surface area (Å²) < 4.78 is 11.0. The monoisotopic (exact) mass is 365 g/mol. The molecule has 0 fully saturated rings. The van der Waals surface area contributed by atoms with Crippen molar-refractivity contribution >= 4 is 23.0 Å². The van der Waals surface area contributed by atoms with Crippen molar-refractivity contribution in [3.63, 3.8) is 0 Å². The average Bonchev–Trinajstić information content (AvgIpc) is 3.32. The number of nitrogens with zero attached hydrogens (tertiary/aromatic N) is 3. The van der Waals surface area contributed by atoms with E-state index < -0.39 is 0 Å². The summed E-state index contributed by atoms with van der Waals surface area (Å²) >= 11 is 1.52. The smallest absolute Gasteiger partial charge is 0.268 e. The number of nitriles is 1. The van der Waals surface area contributed by atoms with Crippen LogP contribution in [0.2, 0.25) is 0 Å². The second-order valence-electron chi connectivity index (χ2n) is 6.17. The van der Waals surface area contributed by atoms with Crippen LogP contribution in [0.3, 0.4) is 0 Å². The van der Waals surface area contributed by atoms with Crippen molar-refractivity contribution in [2.45, 2.75) is 20.3 Å². The molecule has 0 amide bonds. The quantitative estimate of drug-likeness (QED) is 0.532. The molecular weight excluding hydrogens is 346 g/mol. The minimum absolute atomic E-state index is 0.216. The fourth-order valence-electron chi connectivity index (χ4n) is 2.22. The molecule has 0 unspecified atom stereocenters. The van der Waals surface area contributed by atoms with Crippen LogP contribution in [0.4, 0.5) is 0 Å². The van der Waals surface area contributed by atoms with Gasteiger partial charge in [0.15, 0.2) is 0 Å². The summed E-state index contributed by atoms with van der Waals surface area (Å²) in [5.41, 5.74) is 1.20. The van der Waals surface area contributed by atoms with Crippen LogP contribution in [-0.2, 0) is 0 Å². The van der Waals surface area contributed by atoms with Crippen molar-refractivity contribution in [3.05, 3.63) is 53.2 Å². The Morgan fingerprint density at radius 2 is 2.12 bits per heavy atom. The van der Waals surface area contributed by atoms with Gasteiger partial charge in [0.2, 0.25) is 5.82 Å². The summed E-state index contributed by atoms with van der Waals surface area (Å²) in [7, 11) is 0. The summed E-state index contributed by atoms with van der Waals surface area (Å²) in [4.78, 5) is 5.21. The predicted molar refractivity (Wildman–Crippen MR) is 102 cm³/mol. The molecule has 6 heteroatoms. The van der Waals surface area contributed by atoms with Crippen molar-refractivity contribution in [3.8, 4) is 22.5 Å². The van der Waals surface area contributed by atoms with Crippen LogP contribution in [0, 0.1) is 17.2 Å². The fourth-order valence-corrected chi connectivity index (χ4v) is 2.87. The van der Waals surface area contributed by atoms with Crippen LogP contribution in [0.5, 0.6) is 5.75 Å². The molecule has 0 N–H and O–H groups in total. The minimum atomic E-state index is 0.216. The van der Waals surface area contributed by atoms with Crippen molar-refractivity contribution in [1.29, 1.82) is 5.26 Å². The van der Waals surface area contributed by atoms with Gasteiger partial charge in [0.1, 0.15) is 17.4 Å². The highest BCUT2D eigenvalue weighted by atomic mass is 32.1. The Hall–Kier alpha value is -2.91. The van der Waals surface area contributed by atoms with E-state index in [1.165, 1.54) is 11.3 Å². The van der Waals surface area contributed by atoms with E-state index in [1.54, 1.807) is 6.08 Å². The predicted octanol–water partition coefficient (Wildman–Crippen LogP) is 5.29. The number of hydrogen-bond acceptors (Lipinski definition) is 6. The van der Waals surface area contributed by atoms with Crippen LogP contribution in [0.25, 0.3) is 22.4 Å². The Kier molecular flexibility index (Phi) is 5.82. The first-order valence-electron chi connectivity index (χ1n) is 8.38. The van der Waals surface area contributed by atoms with E-state index in [9.17, 15) is 5.26 Å². The summed E-state index contributed by atoms with van der Waals surface area (Å²) in [5.74, 6) is 2.14. The molecule has 1 aromatic carbocycles. The molecular formula is C20H19N3O2S. The third-order valence-corrected chi connectivity index (χ3v) is 4.54. The highest BCUT2D eigenvalue weighted by Gasteiger charge is 2.13. The van der Waals surface area contributed by atoms with E-state index in [0.29, 0.717) is 23.9 Å². The molecule has 2 heterocycles. The van der Waals surface area contributed by atoms with Crippen LogP contribution >= 0.6 is 11.3 Å². The third kappa shape index (κ3) is 4.58. The molecule has 0 bridgehead atoms. The van der Waals surface area contributed by atoms with Gasteiger partial charge in [0.05, 0.1) is 11.5 Å². The highest BCUT2D eigenvalue weighted by molar-refractivity contribution is 7.13. The number of benzene rings is 1. The second-order valence-corrected chi connectivity index (χ2v) is 7.12. The van der Waals surface area contributed by atoms with Crippen molar-refractivity contribution < 1.29 is 9.26 Å². The normalized spacial score (nSPS) is 11.5. The number of hydrogen-bond donors (Lipinski definition) is 0. The van der Waals surface area contributed by atoms with E-state index in [0.717, 1.165) is 22.6 Å². The summed E-state index contributed by atoms with van der Waals surface area (Å²) in [6, 6.07) is 13.5. The molecule has 0 aliphatic heterocycles. The first-order chi connectivity index (χ1) is 12.7. The number of thiophene rings is 1. The first-order valence-corrected chi connectivity index (χ1v) is 9.26. The van der Waals surface area contributed by atoms with Gasteiger partial charge in [-0.3, -0.25) is 0 Å². The Morgan fingerprint density at radius 3 is 2.77 bits per heavy atom. The largest absolute Gasteiger partial charge is 0.494 e. The fraction of sp³-hybridized carbons (Fsp3) is 0.250. The third-order valence-electron chi connectivity index (χ3n) is 3.67. The maximum absolute atomic E-state index is 9.44. The summed E-state index contributed by atoms with van der Waals surface area (Å²) in [5, 5.41) is 15.3. The molecule has 3 aromatic rings. The van der Waals surface area contributed by atoms with E-state index in [4.69, 9.17) is 9.26 Å². The van der Waals surface area contributed by atoms with Gasteiger partial charge in [0, 0.05) is 0 Å². The Bertz CT molecular complexity index is 903. The van der Waals surface area contributed by atoms with E-state index in [1.807, 2.05) is 41.8 Å². The zero-order chi connectivity index (χ0) is 18.4. The Balaban J connectivity index is 1.72. The zero-order valence-corrected chi connectivity index (χ0v) is 15.5. The number of aromatic nitrogens is 2. The molecule has 132 valence electrons. The maximum Gasteiger partial charge on any atom is 0.268 e. The number of allylic oxidation sites excluding steroid dienone is 1. The van der Waals surface area contributed by atoms with Gasteiger partial charge in [0.25, 0.3) is 5.89 Å². The molecule has 0 aliphatic carbocycles. The average molecular weight is 365 g/mol. The lowest BCUT2D eigenvalue weighted by Gasteiger charge is -2.08. The molecule has 26 heavy (non-hydrogen) atoms. The standard InChI is InChI=1S/C20H19N3O2S/c1-14(2)9-10-24-17-7-5-15(6-8-17)12-16(13-21)20-22-19(23-25-20)18-4-3-11-26-18/h3-8,11-12,14H,9-10H2,1-2H3/b16-12+. The Labute approximate surface area is 156 Å². The Morgan fingerprint density at radius 1 is 1.31 bits per heavy atom. The topological polar surface area (TPSA) is 71.9 Å². The molecule has 2 aromatic heterocycles. The molecule has 0 saturated carbocycles. The van der Waals surface area contributed by atoms with E-state index in [-0.39, 0.29) is 5.89 Å². The van der Waals surface area contributed by atoms with Crippen molar-refractivity contribution in [2.24, 2.45) is 5.92 Å². The van der Waals surface area contributed by atoms with Crippen molar-refractivity contribution in [2.75, 3.05) is 6.61 Å². The van der Waals surface area contributed by atoms with Gasteiger partial charge in [-0.25, -0.2) is 0 Å². The van der Waals surface area contributed by atoms with E-state index >= 15 is 0 Å². The van der Waals surface area contributed by atoms with Crippen LogP contribution < -0.4 is 4.74 Å². The molecule has 0 radical (unpaired) electrons. The van der Waals surface area contributed by atoms with Gasteiger partial charge < -0.3 is 9.26 Å². The molecule has 0 aliphatic rings. The second kappa shape index (κ2) is 8.45. The van der Waals surface area contributed by atoms with E-state index in [2.05, 4.69) is 30.1 Å². The van der Waals surface area contributed by atoms with Gasteiger partial charge in [-0.2, -0.15) is 10.2 Å². The maximum atomic E-state index is 9.44. The van der Waals surface area contributed by atoms with Crippen molar-refractivity contribution in [1.82, 2.24) is 10.1 Å². The summed E-state index contributed by atoms with van der Waals surface area (Å²) in [6.07, 6.45) is 2.74. The molecule has 0 spiro atoms. The first kappa shape index (κ1) is 17.9. The van der Waals surface area contributed by atoms with Gasteiger partial charge >= 0.3 is 0 Å². The molecule has 0 atom stereocenters. The molecule has 3 rings (SSSR count). The van der Waals surface area contributed by atoms with Crippen LogP contribution in [0.15, 0.2) is 46.3 Å². The van der Waals surface area contributed by atoms with Gasteiger partial charge in [-0.1, -0.05) is 37.2 Å². The van der Waals surface area contributed by atoms with Gasteiger partial charge in [-0.05, 0) is 47.6 Å². The highest BCUT2D eigenvalue weighted by Crippen LogP contribution is 2.24.